The predicted octanol–water partition coefficient (Wildman–Crippen LogP) is 15.0. The number of aromatic nitrogens is 2. The van der Waals surface area contributed by atoms with E-state index in [-0.39, 0.29) is 0 Å². The Morgan fingerprint density at radius 1 is 0.648 bits per heavy atom. The Morgan fingerprint density at radius 3 is 1.56 bits per heavy atom. The van der Waals surface area contributed by atoms with Crippen LogP contribution in [0.25, 0.3) is 54.4 Å². The summed E-state index contributed by atoms with van der Waals surface area (Å²) < 4.78 is 14.6. The maximum absolute atomic E-state index is 10.6. The molecule has 3 heterocycles. The van der Waals surface area contributed by atoms with Gasteiger partial charge in [-0.15, -0.1) is 22.7 Å². The maximum Gasteiger partial charge on any atom is 0.119 e. The molecule has 0 saturated heterocycles. The average molecular weight is 886 g/mol. The van der Waals surface area contributed by atoms with Crippen molar-refractivity contribution < 1.29 is 9.47 Å². The highest BCUT2D eigenvalue weighted by Crippen LogP contribution is 2.45. The molecule has 0 spiro atoms. The first-order chi connectivity index (χ1) is 26.3. The van der Waals surface area contributed by atoms with Crippen LogP contribution >= 0.6 is 54.5 Å². The number of hydrogen-bond acceptors (Lipinski definition) is 7. The summed E-state index contributed by atoms with van der Waals surface area (Å²) in [5.74, 6) is 2.78. The van der Waals surface area contributed by atoms with Crippen LogP contribution in [-0.2, 0) is 0 Å². The molecule has 0 aliphatic rings. The van der Waals surface area contributed by atoms with Crippen LogP contribution in [0, 0.1) is 23.2 Å². The smallest absolute Gasteiger partial charge is 0.119 e. The van der Waals surface area contributed by atoms with Crippen molar-refractivity contribution in [3.8, 4) is 61.0 Å². The second-order valence-electron chi connectivity index (χ2n) is 13.8. The quantitative estimate of drug-likeness (QED) is 0.0860. The molecule has 0 fully saturated rings. The molecular weight excluding hydrogens is 838 g/mol. The van der Waals surface area contributed by atoms with Crippen LogP contribution in [0.15, 0.2) is 86.4 Å². The molecule has 54 heavy (non-hydrogen) atoms. The average Bonchev–Trinajstić information content (AvgIpc) is 3.84. The van der Waals surface area contributed by atoms with Gasteiger partial charge in [0.1, 0.15) is 17.0 Å². The van der Waals surface area contributed by atoms with E-state index in [4.69, 9.17) is 19.4 Å². The fourth-order valence-electron chi connectivity index (χ4n) is 6.69. The molecule has 3 aromatic heterocycles. The topological polar surface area (TPSA) is 68.0 Å². The van der Waals surface area contributed by atoms with Crippen LogP contribution in [0.3, 0.4) is 0 Å². The number of nitrogens with zero attached hydrogens (tertiary/aromatic N) is 3. The molecule has 0 aliphatic carbocycles. The van der Waals surface area contributed by atoms with E-state index < -0.39 is 0 Å². The lowest BCUT2D eigenvalue weighted by Crippen LogP contribution is -2.11. The zero-order chi connectivity index (χ0) is 38.0. The molecule has 0 saturated carbocycles. The van der Waals surface area contributed by atoms with Gasteiger partial charge in [0.05, 0.1) is 49.3 Å². The van der Waals surface area contributed by atoms with Crippen molar-refractivity contribution in [3.63, 3.8) is 0 Å². The molecule has 0 N–H and O–H groups in total. The Hall–Kier alpha value is -3.55. The zero-order valence-electron chi connectivity index (χ0n) is 31.5. The van der Waals surface area contributed by atoms with Gasteiger partial charge in [-0.3, -0.25) is 0 Å². The first-order valence-electron chi connectivity index (χ1n) is 19.1. The van der Waals surface area contributed by atoms with Gasteiger partial charge in [0.25, 0.3) is 0 Å². The summed E-state index contributed by atoms with van der Waals surface area (Å²) in [6.45, 7) is 10.4. The monoisotopic (exact) mass is 883 g/mol. The largest absolute Gasteiger partial charge is 0.493 e. The first-order valence-corrected chi connectivity index (χ1v) is 22.3. The molecule has 0 aliphatic heterocycles. The molecule has 6 aromatic rings. The highest BCUT2D eigenvalue weighted by atomic mass is 79.9. The second kappa shape index (κ2) is 19.4. The third-order valence-corrected chi connectivity index (χ3v) is 13.3. The molecule has 5 nitrogen and oxygen atoms in total. The van der Waals surface area contributed by atoms with E-state index in [0.29, 0.717) is 36.1 Å². The third-order valence-electron chi connectivity index (χ3n) is 10.0. The Bertz CT molecular complexity index is 2190. The van der Waals surface area contributed by atoms with Gasteiger partial charge in [-0.2, -0.15) is 5.26 Å². The van der Waals surface area contributed by atoms with Crippen LogP contribution in [0.4, 0.5) is 0 Å². The van der Waals surface area contributed by atoms with Gasteiger partial charge in [-0.1, -0.05) is 66.2 Å². The number of hydrogen-bond donors (Lipinski definition) is 0. The van der Waals surface area contributed by atoms with E-state index in [1.807, 2.05) is 48.5 Å². The highest BCUT2D eigenvalue weighted by molar-refractivity contribution is 9.11. The molecule has 6 rings (SSSR count). The molecule has 0 radical (unpaired) electrons. The number of unbranched alkanes of at least 4 members (excludes halogenated alkanes) is 2. The van der Waals surface area contributed by atoms with E-state index in [1.165, 1.54) is 38.5 Å². The molecular formula is C45H47Br2N3O2S2. The van der Waals surface area contributed by atoms with Gasteiger partial charge in [0.15, 0.2) is 0 Å². The Balaban J connectivity index is 1.48. The maximum atomic E-state index is 10.6. The summed E-state index contributed by atoms with van der Waals surface area (Å²) in [6.07, 6.45) is 9.42. The summed E-state index contributed by atoms with van der Waals surface area (Å²) >= 11 is 10.5. The molecule has 0 bridgehead atoms. The van der Waals surface area contributed by atoms with Crippen LogP contribution in [-0.4, -0.2) is 23.2 Å². The lowest BCUT2D eigenvalue weighted by atomic mass is 9.97. The van der Waals surface area contributed by atoms with Gasteiger partial charge in [0, 0.05) is 32.0 Å². The van der Waals surface area contributed by atoms with Gasteiger partial charge in [-0.05, 0) is 135 Å². The third kappa shape index (κ3) is 9.63. The molecule has 2 unspecified atom stereocenters. The molecule has 2 atom stereocenters. The number of thiophene rings is 2. The van der Waals surface area contributed by atoms with E-state index in [0.717, 1.165) is 80.8 Å². The Morgan fingerprint density at radius 2 is 1.13 bits per heavy atom. The lowest BCUT2D eigenvalue weighted by molar-refractivity contribution is 0.233. The van der Waals surface area contributed by atoms with Crippen molar-refractivity contribution >= 4 is 65.6 Å². The Kier molecular flexibility index (Phi) is 14.4. The van der Waals surface area contributed by atoms with E-state index in [9.17, 15) is 5.26 Å². The van der Waals surface area contributed by atoms with Crippen molar-refractivity contribution in [1.82, 2.24) is 9.97 Å². The predicted molar refractivity (Wildman–Crippen MR) is 235 cm³/mol. The van der Waals surface area contributed by atoms with Crippen LogP contribution in [0.1, 0.15) is 84.6 Å². The van der Waals surface area contributed by atoms with E-state index >= 15 is 0 Å². The number of fused-ring (bicyclic) bond motifs is 1. The fourth-order valence-corrected chi connectivity index (χ4v) is 9.54. The highest BCUT2D eigenvalue weighted by Gasteiger charge is 2.23. The number of benzene rings is 3. The number of nitriles is 1. The summed E-state index contributed by atoms with van der Waals surface area (Å²) in [5.41, 5.74) is 7.05. The van der Waals surface area contributed by atoms with Gasteiger partial charge in [0.2, 0.25) is 0 Å². The second-order valence-corrected chi connectivity index (χ2v) is 18.7. The van der Waals surface area contributed by atoms with E-state index in [2.05, 4.69) is 96.0 Å². The van der Waals surface area contributed by atoms with Gasteiger partial charge in [-0.25, -0.2) is 9.97 Å². The molecule has 0 amide bonds. The number of halogens is 2. The van der Waals surface area contributed by atoms with Crippen LogP contribution < -0.4 is 9.47 Å². The normalized spacial score (nSPS) is 12.5. The van der Waals surface area contributed by atoms with E-state index in [1.54, 1.807) is 22.7 Å². The number of ether oxygens (including phenoxy) is 2. The minimum Gasteiger partial charge on any atom is -0.493 e. The van der Waals surface area contributed by atoms with Crippen molar-refractivity contribution in [2.24, 2.45) is 11.8 Å². The van der Waals surface area contributed by atoms with Crippen molar-refractivity contribution in [1.29, 1.82) is 5.26 Å². The van der Waals surface area contributed by atoms with Crippen LogP contribution in [0.2, 0.25) is 0 Å². The summed E-state index contributed by atoms with van der Waals surface area (Å²) in [4.78, 5) is 12.9. The molecule has 9 heteroatoms. The van der Waals surface area contributed by atoms with Crippen LogP contribution in [0.5, 0.6) is 11.5 Å². The fraction of sp³-hybridized carbons (Fsp3) is 0.356. The van der Waals surface area contributed by atoms with Crippen molar-refractivity contribution in [2.75, 3.05) is 13.2 Å². The minimum atomic E-state index is 0.543. The van der Waals surface area contributed by atoms with Crippen molar-refractivity contribution in [3.05, 3.63) is 92.0 Å². The molecule has 280 valence electrons. The summed E-state index contributed by atoms with van der Waals surface area (Å²) in [6, 6.07) is 29.1. The summed E-state index contributed by atoms with van der Waals surface area (Å²) in [7, 11) is 0. The summed E-state index contributed by atoms with van der Waals surface area (Å²) in [5, 5.41) is 10.6. The SMILES string of the molecule is CCCCC(CC)COc1ccc(-c2nc3c(-c4ccc(Br)s4)cc(C#N)c(-c4ccc(Br)s4)c3nc2-c2ccc(OCC(CC)CCCC)cc2)cc1. The van der Waals surface area contributed by atoms with Crippen molar-refractivity contribution in [2.45, 2.75) is 79.1 Å². The first kappa shape index (κ1) is 40.1. The Labute approximate surface area is 345 Å². The minimum absolute atomic E-state index is 0.543. The number of rotatable bonds is 18. The van der Waals surface area contributed by atoms with Gasteiger partial charge >= 0.3 is 0 Å². The van der Waals surface area contributed by atoms with Gasteiger partial charge < -0.3 is 9.47 Å². The standard InChI is InChI=1S/C45H47Br2N3O2S2/c1-5-9-11-29(7-3)27-51-34-17-13-31(14-18-34)42-43(32-15-19-35(20-16-32)52-28-30(8-4)12-10-6-2)50-45-41(38-22-24-40(47)54-38)33(26-48)25-36(44(45)49-42)37-21-23-39(46)53-37/h13-25,29-30H,5-12,27-28H2,1-4H3. The lowest BCUT2D eigenvalue weighted by Gasteiger charge is -2.18. The zero-order valence-corrected chi connectivity index (χ0v) is 36.3. The molecule has 3 aromatic carbocycles.